The van der Waals surface area contributed by atoms with Crippen molar-refractivity contribution < 1.29 is 18.7 Å². The van der Waals surface area contributed by atoms with E-state index in [4.69, 9.17) is 25.5 Å². The second-order valence-electron chi connectivity index (χ2n) is 7.01. The van der Waals surface area contributed by atoms with E-state index in [9.17, 15) is 4.79 Å². The quantitative estimate of drug-likeness (QED) is 0.207. The predicted octanol–water partition coefficient (Wildman–Crippen LogP) is 6.59. The molecule has 0 unspecified atom stereocenters. The summed E-state index contributed by atoms with van der Waals surface area (Å²) in [6.45, 7) is 2.68. The van der Waals surface area contributed by atoms with Gasteiger partial charge in [0.1, 0.15) is 12.2 Å². The number of fused-ring (bicyclic) bond motifs is 1. The van der Waals surface area contributed by atoms with Crippen LogP contribution in [0.4, 0.5) is 0 Å². The Morgan fingerprint density at radius 1 is 1.09 bits per heavy atom. The maximum Gasteiger partial charge on any atom is 0.307 e. The summed E-state index contributed by atoms with van der Waals surface area (Å²) in [6.07, 6.45) is 1.53. The van der Waals surface area contributed by atoms with Crippen molar-refractivity contribution in [2.75, 3.05) is 6.61 Å². The first-order chi connectivity index (χ1) is 16.0. The van der Waals surface area contributed by atoms with Crippen LogP contribution in [0.15, 0.2) is 80.7 Å². The van der Waals surface area contributed by atoms with Crippen LogP contribution >= 0.6 is 27.5 Å². The molecule has 33 heavy (non-hydrogen) atoms. The Hall–Kier alpha value is -3.29. The largest absolute Gasteiger partial charge is 0.490 e. The van der Waals surface area contributed by atoms with Crippen molar-refractivity contribution in [2.45, 2.75) is 13.5 Å². The molecule has 0 saturated carbocycles. The molecular formula is C25H20BrClN2O4. The number of benzene rings is 3. The zero-order valence-electron chi connectivity index (χ0n) is 17.7. The monoisotopic (exact) mass is 526 g/mol. The number of hydrogen-bond acceptors (Lipinski definition) is 5. The highest BCUT2D eigenvalue weighted by molar-refractivity contribution is 9.10. The zero-order valence-corrected chi connectivity index (χ0v) is 20.0. The molecule has 0 aliphatic carbocycles. The molecule has 1 N–H and O–H groups in total. The van der Waals surface area contributed by atoms with Crippen molar-refractivity contribution in [3.8, 4) is 11.5 Å². The SMILES string of the molecule is CCOc1cc(/C=N/NC(=O)c2cc3cc(Br)ccc3o2)ccc1OCc1ccccc1Cl. The standard InChI is InChI=1S/C25H20BrClN2O4/c1-2-31-23-11-16(7-9-22(23)32-15-17-5-3-4-6-20(17)27)14-28-29-25(30)24-13-18-12-19(26)8-10-21(18)33-24/h3-14H,2,15H2,1H3,(H,29,30)/b28-14+. The van der Waals surface area contributed by atoms with Gasteiger partial charge in [-0.2, -0.15) is 5.10 Å². The van der Waals surface area contributed by atoms with E-state index in [1.807, 2.05) is 49.4 Å². The van der Waals surface area contributed by atoms with Gasteiger partial charge in [0, 0.05) is 20.4 Å². The molecule has 4 rings (SSSR count). The highest BCUT2D eigenvalue weighted by Gasteiger charge is 2.12. The predicted molar refractivity (Wildman–Crippen MR) is 132 cm³/mol. The number of nitrogens with zero attached hydrogens (tertiary/aromatic N) is 1. The van der Waals surface area contributed by atoms with Crippen molar-refractivity contribution >= 4 is 50.6 Å². The highest BCUT2D eigenvalue weighted by atomic mass is 79.9. The molecule has 0 atom stereocenters. The minimum atomic E-state index is -0.441. The van der Waals surface area contributed by atoms with E-state index in [0.717, 1.165) is 21.0 Å². The minimum absolute atomic E-state index is 0.179. The molecule has 6 nitrogen and oxygen atoms in total. The van der Waals surface area contributed by atoms with E-state index in [-0.39, 0.29) is 5.76 Å². The van der Waals surface area contributed by atoms with Gasteiger partial charge in [-0.3, -0.25) is 4.79 Å². The number of halogens is 2. The number of nitrogens with one attached hydrogen (secondary N) is 1. The molecular weight excluding hydrogens is 508 g/mol. The van der Waals surface area contributed by atoms with Crippen molar-refractivity contribution in [3.63, 3.8) is 0 Å². The van der Waals surface area contributed by atoms with Crippen LogP contribution in [-0.4, -0.2) is 18.7 Å². The molecule has 168 valence electrons. The Balaban J connectivity index is 1.42. The molecule has 0 aliphatic heterocycles. The van der Waals surface area contributed by atoms with E-state index >= 15 is 0 Å². The normalized spacial score (nSPS) is 11.1. The summed E-state index contributed by atoms with van der Waals surface area (Å²) in [4.78, 5) is 12.4. The second-order valence-corrected chi connectivity index (χ2v) is 8.33. The fraction of sp³-hybridized carbons (Fsp3) is 0.120. The maximum absolute atomic E-state index is 12.4. The van der Waals surface area contributed by atoms with Gasteiger partial charge >= 0.3 is 5.91 Å². The Morgan fingerprint density at radius 2 is 1.94 bits per heavy atom. The van der Waals surface area contributed by atoms with Crippen molar-refractivity contribution in [1.82, 2.24) is 5.43 Å². The van der Waals surface area contributed by atoms with Gasteiger partial charge in [0.2, 0.25) is 0 Å². The van der Waals surface area contributed by atoms with Gasteiger partial charge in [0.25, 0.3) is 0 Å². The van der Waals surface area contributed by atoms with Crippen molar-refractivity contribution in [1.29, 1.82) is 0 Å². The molecule has 0 aliphatic rings. The Kier molecular flexibility index (Phi) is 7.32. The van der Waals surface area contributed by atoms with Crippen LogP contribution in [0.5, 0.6) is 11.5 Å². The first-order valence-corrected chi connectivity index (χ1v) is 11.4. The van der Waals surface area contributed by atoms with Gasteiger partial charge in [0.05, 0.1) is 12.8 Å². The number of carbonyl (C=O) groups excluding carboxylic acids is 1. The highest BCUT2D eigenvalue weighted by Crippen LogP contribution is 2.30. The molecule has 0 radical (unpaired) electrons. The molecule has 0 saturated heterocycles. The van der Waals surface area contributed by atoms with Gasteiger partial charge in [-0.05, 0) is 61.0 Å². The summed E-state index contributed by atoms with van der Waals surface area (Å²) in [7, 11) is 0. The van der Waals surface area contributed by atoms with Gasteiger partial charge in [-0.15, -0.1) is 0 Å². The van der Waals surface area contributed by atoms with Crippen molar-refractivity contribution in [3.05, 3.63) is 93.1 Å². The van der Waals surface area contributed by atoms with E-state index in [0.29, 0.717) is 35.3 Å². The Morgan fingerprint density at radius 3 is 2.76 bits per heavy atom. The Bertz CT molecular complexity index is 1320. The number of amides is 1. The average molecular weight is 528 g/mol. The number of rotatable bonds is 8. The van der Waals surface area contributed by atoms with Crippen molar-refractivity contribution in [2.24, 2.45) is 5.10 Å². The smallest absolute Gasteiger partial charge is 0.307 e. The number of ether oxygens (including phenoxy) is 2. The molecule has 8 heteroatoms. The van der Waals surface area contributed by atoms with E-state index in [1.54, 1.807) is 24.3 Å². The first kappa shape index (κ1) is 22.9. The lowest BCUT2D eigenvalue weighted by atomic mass is 10.2. The molecule has 4 aromatic rings. The van der Waals surface area contributed by atoms with Crippen LogP contribution in [0.25, 0.3) is 11.0 Å². The van der Waals surface area contributed by atoms with Gasteiger partial charge < -0.3 is 13.9 Å². The van der Waals surface area contributed by atoms with E-state index < -0.39 is 5.91 Å². The second kappa shape index (κ2) is 10.6. The van der Waals surface area contributed by atoms with Crippen LogP contribution in [0.3, 0.4) is 0 Å². The summed E-state index contributed by atoms with van der Waals surface area (Å²) in [5.74, 6) is 0.899. The summed E-state index contributed by atoms with van der Waals surface area (Å²) < 4.78 is 18.1. The summed E-state index contributed by atoms with van der Waals surface area (Å²) in [6, 6.07) is 20.1. The first-order valence-electron chi connectivity index (χ1n) is 10.2. The van der Waals surface area contributed by atoms with Crippen LogP contribution in [0.2, 0.25) is 5.02 Å². The third kappa shape index (κ3) is 5.74. The van der Waals surface area contributed by atoms with Gasteiger partial charge in [-0.1, -0.05) is 45.7 Å². The van der Waals surface area contributed by atoms with Gasteiger partial charge in [0.15, 0.2) is 17.3 Å². The van der Waals surface area contributed by atoms with Crippen LogP contribution < -0.4 is 14.9 Å². The fourth-order valence-corrected chi connectivity index (χ4v) is 3.68. The number of hydrazone groups is 1. The number of hydrogen-bond donors (Lipinski definition) is 1. The van der Waals surface area contributed by atoms with E-state index in [2.05, 4.69) is 26.5 Å². The lowest BCUT2D eigenvalue weighted by molar-refractivity contribution is 0.0929. The Labute approximate surface area is 204 Å². The molecule has 1 heterocycles. The molecule has 1 aromatic heterocycles. The third-order valence-corrected chi connectivity index (χ3v) is 5.55. The number of furan rings is 1. The number of carbonyl (C=O) groups is 1. The summed E-state index contributed by atoms with van der Waals surface area (Å²) >= 11 is 9.60. The average Bonchev–Trinajstić information content (AvgIpc) is 3.23. The summed E-state index contributed by atoms with van der Waals surface area (Å²) in [5, 5.41) is 5.51. The third-order valence-electron chi connectivity index (χ3n) is 4.69. The lowest BCUT2D eigenvalue weighted by Gasteiger charge is -2.13. The molecule has 3 aromatic carbocycles. The van der Waals surface area contributed by atoms with Crippen LogP contribution in [0.1, 0.15) is 28.6 Å². The van der Waals surface area contributed by atoms with Crippen LogP contribution in [-0.2, 0) is 6.61 Å². The summed E-state index contributed by atoms with van der Waals surface area (Å²) in [5.41, 5.74) is 4.72. The topological polar surface area (TPSA) is 73.1 Å². The zero-order chi connectivity index (χ0) is 23.2. The molecule has 0 bridgehead atoms. The van der Waals surface area contributed by atoms with E-state index in [1.165, 1.54) is 6.21 Å². The fourth-order valence-electron chi connectivity index (χ4n) is 3.11. The minimum Gasteiger partial charge on any atom is -0.490 e. The molecule has 0 spiro atoms. The van der Waals surface area contributed by atoms with Gasteiger partial charge in [-0.25, -0.2) is 5.43 Å². The maximum atomic E-state index is 12.4. The lowest BCUT2D eigenvalue weighted by Crippen LogP contribution is -2.16. The molecule has 1 amide bonds. The van der Waals surface area contributed by atoms with Crippen LogP contribution in [0, 0.1) is 0 Å². The molecule has 0 fully saturated rings.